The Balaban J connectivity index is 1.82. The van der Waals surface area contributed by atoms with Gasteiger partial charge >= 0.3 is 5.97 Å². The molecule has 1 N–H and O–H groups in total. The zero-order valence-electron chi connectivity index (χ0n) is 11.9. The maximum atomic E-state index is 11.1. The SMILES string of the molecule is CCCc1nsc(N2CCc3ccc(C(=O)O)cc3C2)n1. The number of hydrogen-bond donors (Lipinski definition) is 1. The second-order valence-corrected chi connectivity index (χ2v) is 5.93. The number of hydrogen-bond acceptors (Lipinski definition) is 5. The van der Waals surface area contributed by atoms with E-state index >= 15 is 0 Å². The number of anilines is 1. The molecular formula is C15H17N3O2S. The molecule has 0 aliphatic carbocycles. The summed E-state index contributed by atoms with van der Waals surface area (Å²) in [6.45, 7) is 3.72. The standard InChI is InChI=1S/C15H17N3O2S/c1-2-3-13-16-15(21-17-13)18-7-6-10-4-5-11(14(19)20)8-12(10)9-18/h4-5,8H,2-3,6-7,9H2,1H3,(H,19,20). The predicted octanol–water partition coefficient (Wildman–Crippen LogP) is 2.75. The molecule has 0 fully saturated rings. The summed E-state index contributed by atoms with van der Waals surface area (Å²) in [6, 6.07) is 5.39. The van der Waals surface area contributed by atoms with Crippen molar-refractivity contribution >= 4 is 22.6 Å². The van der Waals surface area contributed by atoms with Gasteiger partial charge in [-0.05, 0) is 36.1 Å². The molecular weight excluding hydrogens is 286 g/mol. The van der Waals surface area contributed by atoms with Crippen LogP contribution < -0.4 is 4.90 Å². The van der Waals surface area contributed by atoms with E-state index in [1.165, 1.54) is 17.1 Å². The van der Waals surface area contributed by atoms with E-state index in [2.05, 4.69) is 21.2 Å². The molecule has 0 saturated carbocycles. The molecule has 1 aromatic heterocycles. The molecule has 0 atom stereocenters. The van der Waals surface area contributed by atoms with Crippen LogP contribution in [0.2, 0.25) is 0 Å². The summed E-state index contributed by atoms with van der Waals surface area (Å²) in [5.41, 5.74) is 2.66. The number of aromatic nitrogens is 2. The Labute approximate surface area is 127 Å². The lowest BCUT2D eigenvalue weighted by molar-refractivity contribution is 0.0696. The third kappa shape index (κ3) is 2.90. The van der Waals surface area contributed by atoms with Crippen LogP contribution in [-0.2, 0) is 19.4 Å². The summed E-state index contributed by atoms with van der Waals surface area (Å²) >= 11 is 1.43. The minimum Gasteiger partial charge on any atom is -0.478 e. The molecule has 6 heteroatoms. The molecule has 5 nitrogen and oxygen atoms in total. The summed E-state index contributed by atoms with van der Waals surface area (Å²) in [5, 5.41) is 10.0. The minimum absolute atomic E-state index is 0.347. The van der Waals surface area contributed by atoms with E-state index in [-0.39, 0.29) is 0 Å². The first kappa shape index (κ1) is 14.0. The van der Waals surface area contributed by atoms with Crippen LogP contribution in [0.15, 0.2) is 18.2 Å². The topological polar surface area (TPSA) is 66.3 Å². The van der Waals surface area contributed by atoms with E-state index in [0.29, 0.717) is 12.1 Å². The van der Waals surface area contributed by atoms with E-state index in [1.54, 1.807) is 12.1 Å². The molecule has 0 spiro atoms. The Morgan fingerprint density at radius 2 is 2.29 bits per heavy atom. The first-order valence-corrected chi connectivity index (χ1v) is 7.87. The number of carbonyl (C=O) groups is 1. The molecule has 2 heterocycles. The van der Waals surface area contributed by atoms with Crippen LogP contribution in [0.25, 0.3) is 0 Å². The lowest BCUT2D eigenvalue weighted by Gasteiger charge is -2.28. The van der Waals surface area contributed by atoms with Crippen LogP contribution in [0.4, 0.5) is 5.13 Å². The molecule has 1 aliphatic heterocycles. The van der Waals surface area contributed by atoms with Gasteiger partial charge in [0.05, 0.1) is 5.56 Å². The molecule has 0 amide bonds. The molecule has 1 aromatic carbocycles. The van der Waals surface area contributed by atoms with Crippen molar-refractivity contribution in [2.24, 2.45) is 0 Å². The van der Waals surface area contributed by atoms with Crippen LogP contribution in [0.5, 0.6) is 0 Å². The van der Waals surface area contributed by atoms with Crippen LogP contribution >= 0.6 is 11.5 Å². The van der Waals surface area contributed by atoms with Crippen molar-refractivity contribution in [2.45, 2.75) is 32.7 Å². The summed E-state index contributed by atoms with van der Waals surface area (Å²) in [5.74, 6) is 0.0265. The normalized spacial score (nSPS) is 14.0. The van der Waals surface area contributed by atoms with Gasteiger partial charge in [-0.25, -0.2) is 9.78 Å². The fourth-order valence-corrected chi connectivity index (χ4v) is 3.29. The molecule has 0 saturated heterocycles. The highest BCUT2D eigenvalue weighted by atomic mass is 32.1. The number of aromatic carboxylic acids is 1. The average molecular weight is 303 g/mol. The highest BCUT2D eigenvalue weighted by Crippen LogP contribution is 2.26. The van der Waals surface area contributed by atoms with Crippen LogP contribution in [0.1, 0.15) is 40.7 Å². The number of rotatable bonds is 4. The Bertz CT molecular complexity index is 669. The Hall–Kier alpha value is -1.95. The van der Waals surface area contributed by atoms with Crippen molar-refractivity contribution in [2.75, 3.05) is 11.4 Å². The van der Waals surface area contributed by atoms with Gasteiger partial charge in [0.15, 0.2) is 0 Å². The Kier molecular flexibility index (Phi) is 3.88. The molecule has 0 unspecified atom stereocenters. The van der Waals surface area contributed by atoms with Gasteiger partial charge in [0.1, 0.15) is 5.82 Å². The molecule has 21 heavy (non-hydrogen) atoms. The summed E-state index contributed by atoms with van der Waals surface area (Å²) in [4.78, 5) is 17.8. The number of nitrogens with zero attached hydrogens (tertiary/aromatic N) is 3. The first-order valence-electron chi connectivity index (χ1n) is 7.10. The molecule has 2 aromatic rings. The summed E-state index contributed by atoms with van der Waals surface area (Å²) < 4.78 is 4.38. The van der Waals surface area contributed by atoms with Gasteiger partial charge < -0.3 is 10.0 Å². The van der Waals surface area contributed by atoms with E-state index in [4.69, 9.17) is 5.11 Å². The molecule has 1 aliphatic rings. The predicted molar refractivity (Wildman–Crippen MR) is 82.1 cm³/mol. The zero-order valence-corrected chi connectivity index (χ0v) is 12.7. The number of carboxylic acids is 1. The smallest absolute Gasteiger partial charge is 0.335 e. The van der Waals surface area contributed by atoms with Crippen molar-refractivity contribution < 1.29 is 9.90 Å². The van der Waals surface area contributed by atoms with Gasteiger partial charge in [0, 0.05) is 31.0 Å². The fraction of sp³-hybridized carbons (Fsp3) is 0.400. The molecule has 0 bridgehead atoms. The number of benzene rings is 1. The quantitative estimate of drug-likeness (QED) is 0.940. The minimum atomic E-state index is -0.879. The average Bonchev–Trinajstić information content (AvgIpc) is 2.95. The second-order valence-electron chi connectivity index (χ2n) is 5.20. The van der Waals surface area contributed by atoms with Crippen molar-refractivity contribution in [1.29, 1.82) is 0 Å². The van der Waals surface area contributed by atoms with E-state index < -0.39 is 5.97 Å². The van der Waals surface area contributed by atoms with Crippen LogP contribution in [-0.4, -0.2) is 27.0 Å². The number of fused-ring (bicyclic) bond motifs is 1. The zero-order chi connectivity index (χ0) is 14.8. The third-order valence-electron chi connectivity index (χ3n) is 3.67. The maximum Gasteiger partial charge on any atom is 0.335 e. The fourth-order valence-electron chi connectivity index (χ4n) is 2.55. The van der Waals surface area contributed by atoms with E-state index in [1.807, 2.05) is 6.07 Å². The number of carboxylic acid groups (broad SMARTS) is 1. The van der Waals surface area contributed by atoms with Crippen molar-refractivity contribution in [1.82, 2.24) is 9.36 Å². The first-order chi connectivity index (χ1) is 10.2. The van der Waals surface area contributed by atoms with E-state index in [0.717, 1.165) is 42.3 Å². The Morgan fingerprint density at radius 3 is 3.05 bits per heavy atom. The number of aryl methyl sites for hydroxylation is 1. The Morgan fingerprint density at radius 1 is 1.43 bits per heavy atom. The summed E-state index contributed by atoms with van der Waals surface area (Å²) in [7, 11) is 0. The van der Waals surface area contributed by atoms with E-state index in [9.17, 15) is 4.79 Å². The van der Waals surface area contributed by atoms with Gasteiger partial charge in [-0.1, -0.05) is 13.0 Å². The summed E-state index contributed by atoms with van der Waals surface area (Å²) in [6.07, 6.45) is 2.86. The highest BCUT2D eigenvalue weighted by molar-refractivity contribution is 7.09. The lowest BCUT2D eigenvalue weighted by atomic mass is 9.98. The second kappa shape index (κ2) is 5.81. The highest BCUT2D eigenvalue weighted by Gasteiger charge is 2.20. The maximum absolute atomic E-state index is 11.1. The molecule has 0 radical (unpaired) electrons. The van der Waals surface area contributed by atoms with Gasteiger partial charge in [0.2, 0.25) is 5.13 Å². The molecule has 110 valence electrons. The van der Waals surface area contributed by atoms with Crippen LogP contribution in [0, 0.1) is 0 Å². The van der Waals surface area contributed by atoms with Gasteiger partial charge in [-0.3, -0.25) is 0 Å². The van der Waals surface area contributed by atoms with Gasteiger partial charge in [-0.15, -0.1) is 0 Å². The molecule has 3 rings (SSSR count). The third-order valence-corrected chi connectivity index (χ3v) is 4.48. The van der Waals surface area contributed by atoms with Crippen molar-refractivity contribution in [3.63, 3.8) is 0 Å². The van der Waals surface area contributed by atoms with Gasteiger partial charge in [-0.2, -0.15) is 4.37 Å². The van der Waals surface area contributed by atoms with Gasteiger partial charge in [0.25, 0.3) is 0 Å². The van der Waals surface area contributed by atoms with Crippen molar-refractivity contribution in [3.8, 4) is 0 Å². The van der Waals surface area contributed by atoms with Crippen molar-refractivity contribution in [3.05, 3.63) is 40.7 Å². The monoisotopic (exact) mass is 303 g/mol. The van der Waals surface area contributed by atoms with Crippen LogP contribution in [0.3, 0.4) is 0 Å². The lowest BCUT2D eigenvalue weighted by Crippen LogP contribution is -2.30. The largest absolute Gasteiger partial charge is 0.478 e.